The molecule has 0 fully saturated rings. The Bertz CT molecular complexity index is 366. The van der Waals surface area contributed by atoms with E-state index in [-0.39, 0.29) is 0 Å². The fraction of sp³-hybridized carbons (Fsp3) is 0.625. The Balaban J connectivity index is 2.80. The Morgan fingerprint density at radius 3 is 2.26 bits per heavy atom. The molecule has 0 saturated carbocycles. The van der Waals surface area contributed by atoms with Gasteiger partial charge < -0.3 is 9.47 Å². The van der Waals surface area contributed by atoms with Crippen molar-refractivity contribution in [3.63, 3.8) is 0 Å². The first-order valence-electron chi connectivity index (χ1n) is 7.20. The topological polar surface area (TPSA) is 18.5 Å². The van der Waals surface area contributed by atoms with Crippen LogP contribution in [0.5, 0.6) is 11.5 Å². The van der Waals surface area contributed by atoms with Gasteiger partial charge in [-0.05, 0) is 48.6 Å². The number of hydrogen-bond donors (Lipinski definition) is 1. The van der Waals surface area contributed by atoms with Crippen LogP contribution in [-0.2, 0) is 6.42 Å². The molecule has 0 heterocycles. The van der Waals surface area contributed by atoms with Crippen LogP contribution in [0.25, 0.3) is 0 Å². The third-order valence-electron chi connectivity index (χ3n) is 2.83. The summed E-state index contributed by atoms with van der Waals surface area (Å²) < 4.78 is 11.5. The average molecular weight is 282 g/mol. The van der Waals surface area contributed by atoms with E-state index in [2.05, 4.69) is 45.5 Å². The molecule has 2 nitrogen and oxygen atoms in total. The first kappa shape index (κ1) is 16.2. The van der Waals surface area contributed by atoms with Gasteiger partial charge in [0.25, 0.3) is 0 Å². The van der Waals surface area contributed by atoms with Crippen LogP contribution in [0.15, 0.2) is 18.2 Å². The zero-order valence-corrected chi connectivity index (χ0v) is 13.2. The summed E-state index contributed by atoms with van der Waals surface area (Å²) in [6.07, 6.45) is 3.04. The second kappa shape index (κ2) is 9.13. The number of thiol groups is 1. The molecule has 0 amide bonds. The Morgan fingerprint density at radius 2 is 1.68 bits per heavy atom. The van der Waals surface area contributed by atoms with Crippen LogP contribution in [0.4, 0.5) is 0 Å². The molecule has 0 N–H and O–H groups in total. The van der Waals surface area contributed by atoms with Crippen LogP contribution >= 0.6 is 12.6 Å². The zero-order valence-electron chi connectivity index (χ0n) is 12.3. The van der Waals surface area contributed by atoms with Crippen LogP contribution in [0.2, 0.25) is 0 Å². The highest BCUT2D eigenvalue weighted by atomic mass is 32.1. The Labute approximate surface area is 122 Å². The number of ether oxygens (including phenoxy) is 2. The number of rotatable bonds is 9. The first-order valence-corrected chi connectivity index (χ1v) is 7.83. The van der Waals surface area contributed by atoms with E-state index in [1.807, 2.05) is 6.07 Å². The molecule has 0 aromatic heterocycles. The van der Waals surface area contributed by atoms with Crippen molar-refractivity contribution in [1.82, 2.24) is 0 Å². The second-order valence-electron chi connectivity index (χ2n) is 4.97. The van der Waals surface area contributed by atoms with Gasteiger partial charge >= 0.3 is 0 Å². The lowest BCUT2D eigenvalue weighted by atomic mass is 10.0. The van der Waals surface area contributed by atoms with E-state index in [0.29, 0.717) is 5.92 Å². The number of benzene rings is 1. The van der Waals surface area contributed by atoms with Crippen molar-refractivity contribution in [1.29, 1.82) is 0 Å². The van der Waals surface area contributed by atoms with E-state index in [9.17, 15) is 0 Å². The molecule has 0 aliphatic carbocycles. The molecule has 1 aromatic carbocycles. The Hall–Kier alpha value is -0.830. The molecule has 0 bridgehead atoms. The lowest BCUT2D eigenvalue weighted by Gasteiger charge is -2.15. The second-order valence-corrected chi connectivity index (χ2v) is 5.34. The lowest BCUT2D eigenvalue weighted by molar-refractivity contribution is 0.268. The minimum absolute atomic E-state index is 0.574. The van der Waals surface area contributed by atoms with E-state index in [4.69, 9.17) is 9.47 Å². The predicted octanol–water partition coefficient (Wildman–Crippen LogP) is 4.37. The van der Waals surface area contributed by atoms with E-state index < -0.39 is 0 Å². The fourth-order valence-corrected chi connectivity index (χ4v) is 1.93. The summed E-state index contributed by atoms with van der Waals surface area (Å²) in [5.74, 6) is 3.21. The van der Waals surface area contributed by atoms with Crippen LogP contribution in [0.3, 0.4) is 0 Å². The molecule has 1 unspecified atom stereocenters. The van der Waals surface area contributed by atoms with Gasteiger partial charge in [-0.25, -0.2) is 0 Å². The van der Waals surface area contributed by atoms with Crippen molar-refractivity contribution in [3.05, 3.63) is 23.8 Å². The van der Waals surface area contributed by atoms with Gasteiger partial charge in [0.1, 0.15) is 0 Å². The van der Waals surface area contributed by atoms with Gasteiger partial charge in [0.2, 0.25) is 0 Å². The molecule has 1 aromatic rings. The van der Waals surface area contributed by atoms with Crippen molar-refractivity contribution < 1.29 is 9.47 Å². The molecule has 1 rings (SSSR count). The van der Waals surface area contributed by atoms with E-state index >= 15 is 0 Å². The third-order valence-corrected chi connectivity index (χ3v) is 3.45. The standard InChI is InChI=1S/C16H26O2S/c1-4-8-17-15-7-6-14(10-13(3)12-19)11-16(15)18-9-5-2/h6-7,11,13,19H,4-5,8-10,12H2,1-3H3. The SMILES string of the molecule is CCCOc1ccc(CC(C)CS)cc1OCCC. The maximum absolute atomic E-state index is 5.80. The summed E-state index contributed by atoms with van der Waals surface area (Å²) in [4.78, 5) is 0. The van der Waals surface area contributed by atoms with Crippen molar-refractivity contribution in [3.8, 4) is 11.5 Å². The maximum Gasteiger partial charge on any atom is 0.161 e. The summed E-state index contributed by atoms with van der Waals surface area (Å²) in [6.45, 7) is 7.89. The summed E-state index contributed by atoms with van der Waals surface area (Å²) in [5, 5.41) is 0. The molecule has 1 atom stereocenters. The molecular weight excluding hydrogens is 256 g/mol. The molecule has 108 valence electrons. The van der Waals surface area contributed by atoms with Crippen molar-refractivity contribution in [2.75, 3.05) is 19.0 Å². The summed E-state index contributed by atoms with van der Waals surface area (Å²) in [5.41, 5.74) is 1.29. The van der Waals surface area contributed by atoms with Gasteiger partial charge in [0.15, 0.2) is 11.5 Å². The quantitative estimate of drug-likeness (QED) is 0.678. The molecule has 0 radical (unpaired) electrons. The molecule has 0 saturated heterocycles. The monoisotopic (exact) mass is 282 g/mol. The molecular formula is C16H26O2S. The maximum atomic E-state index is 5.80. The van der Waals surface area contributed by atoms with Crippen molar-refractivity contribution >= 4 is 12.6 Å². The number of hydrogen-bond acceptors (Lipinski definition) is 3. The summed E-state index contributed by atoms with van der Waals surface area (Å²) in [6, 6.07) is 6.27. The molecule has 3 heteroatoms. The molecule has 0 aliphatic rings. The fourth-order valence-electron chi connectivity index (χ4n) is 1.80. The Kier molecular flexibility index (Phi) is 7.80. The highest BCUT2D eigenvalue weighted by Crippen LogP contribution is 2.29. The molecule has 0 aliphatic heterocycles. The summed E-state index contributed by atoms with van der Waals surface area (Å²) >= 11 is 4.34. The van der Waals surface area contributed by atoms with Gasteiger partial charge in [-0.2, -0.15) is 12.6 Å². The molecule has 0 spiro atoms. The highest BCUT2D eigenvalue weighted by Gasteiger charge is 2.08. The molecule has 19 heavy (non-hydrogen) atoms. The van der Waals surface area contributed by atoms with Gasteiger partial charge in [-0.1, -0.05) is 26.8 Å². The van der Waals surface area contributed by atoms with E-state index in [1.54, 1.807) is 0 Å². The minimum atomic E-state index is 0.574. The highest BCUT2D eigenvalue weighted by molar-refractivity contribution is 7.80. The smallest absolute Gasteiger partial charge is 0.161 e. The van der Waals surface area contributed by atoms with Gasteiger partial charge in [0.05, 0.1) is 13.2 Å². The van der Waals surface area contributed by atoms with Crippen LogP contribution in [0, 0.1) is 5.92 Å². The van der Waals surface area contributed by atoms with E-state index in [0.717, 1.165) is 49.7 Å². The van der Waals surface area contributed by atoms with Crippen LogP contribution in [0.1, 0.15) is 39.2 Å². The third kappa shape index (κ3) is 5.77. The Morgan fingerprint density at radius 1 is 1.05 bits per heavy atom. The van der Waals surface area contributed by atoms with Gasteiger partial charge in [-0.15, -0.1) is 0 Å². The average Bonchev–Trinajstić information content (AvgIpc) is 2.43. The van der Waals surface area contributed by atoms with Crippen molar-refractivity contribution in [2.24, 2.45) is 5.92 Å². The van der Waals surface area contributed by atoms with E-state index in [1.165, 1.54) is 5.56 Å². The first-order chi connectivity index (χ1) is 9.21. The minimum Gasteiger partial charge on any atom is -0.490 e. The lowest BCUT2D eigenvalue weighted by Crippen LogP contribution is -2.04. The summed E-state index contributed by atoms with van der Waals surface area (Å²) in [7, 11) is 0. The van der Waals surface area contributed by atoms with Crippen molar-refractivity contribution in [2.45, 2.75) is 40.0 Å². The van der Waals surface area contributed by atoms with Gasteiger partial charge in [-0.3, -0.25) is 0 Å². The zero-order chi connectivity index (χ0) is 14.1. The largest absolute Gasteiger partial charge is 0.490 e. The predicted molar refractivity (Wildman–Crippen MR) is 84.7 cm³/mol. The van der Waals surface area contributed by atoms with Crippen LogP contribution < -0.4 is 9.47 Å². The normalized spacial score (nSPS) is 12.2. The van der Waals surface area contributed by atoms with Crippen LogP contribution in [-0.4, -0.2) is 19.0 Å². The van der Waals surface area contributed by atoms with Gasteiger partial charge in [0, 0.05) is 0 Å².